The van der Waals surface area contributed by atoms with Gasteiger partial charge in [-0.25, -0.2) is 0 Å². The number of pyridine rings is 1. The molecule has 1 saturated carbocycles. The Morgan fingerprint density at radius 2 is 1.56 bits per heavy atom. The van der Waals surface area contributed by atoms with Crippen LogP contribution in [0.4, 0.5) is 5.69 Å². The Kier molecular flexibility index (Phi) is 4.71. The summed E-state index contributed by atoms with van der Waals surface area (Å²) in [6.45, 7) is 0.436. The van der Waals surface area contributed by atoms with Crippen molar-refractivity contribution in [1.82, 2.24) is 9.88 Å². The first-order valence-electron chi connectivity index (χ1n) is 9.29. The number of rotatable bonds is 4. The summed E-state index contributed by atoms with van der Waals surface area (Å²) in [4.78, 5) is 42.7. The fraction of sp³-hybridized carbons (Fsp3) is 0.333. The summed E-state index contributed by atoms with van der Waals surface area (Å²) in [6.07, 6.45) is 6.50. The molecule has 0 spiro atoms. The quantitative estimate of drug-likeness (QED) is 0.847. The van der Waals surface area contributed by atoms with Gasteiger partial charge in [0.2, 0.25) is 5.91 Å². The van der Waals surface area contributed by atoms with Crippen molar-refractivity contribution in [2.45, 2.75) is 25.7 Å². The van der Waals surface area contributed by atoms with Gasteiger partial charge in [0, 0.05) is 30.5 Å². The number of fused-ring (bicyclic) bond motifs is 1. The molecule has 6 nitrogen and oxygen atoms in total. The topological polar surface area (TPSA) is 79.4 Å². The average molecular weight is 363 g/mol. The van der Waals surface area contributed by atoms with Gasteiger partial charge in [0.05, 0.1) is 11.1 Å². The van der Waals surface area contributed by atoms with E-state index in [1.807, 2.05) is 0 Å². The number of nitrogens with one attached hydrogen (secondary N) is 1. The van der Waals surface area contributed by atoms with Crippen LogP contribution in [-0.4, -0.2) is 34.2 Å². The van der Waals surface area contributed by atoms with Crippen LogP contribution >= 0.6 is 0 Å². The summed E-state index contributed by atoms with van der Waals surface area (Å²) in [5.41, 5.74) is 1.74. The molecule has 1 N–H and O–H groups in total. The third-order valence-corrected chi connectivity index (χ3v) is 5.48. The molecule has 0 unspecified atom stereocenters. The number of imide groups is 1. The van der Waals surface area contributed by atoms with Crippen molar-refractivity contribution in [1.29, 1.82) is 0 Å². The second kappa shape index (κ2) is 7.31. The Balaban J connectivity index is 1.32. The third-order valence-electron chi connectivity index (χ3n) is 5.48. The highest BCUT2D eigenvalue weighted by atomic mass is 16.2. The van der Waals surface area contributed by atoms with Gasteiger partial charge >= 0.3 is 0 Å². The van der Waals surface area contributed by atoms with Crippen LogP contribution in [0, 0.1) is 11.8 Å². The molecule has 3 amide bonds. The van der Waals surface area contributed by atoms with Crippen LogP contribution in [0.5, 0.6) is 0 Å². The standard InChI is InChI=1S/C21H21N3O3/c25-19(23-16-9-11-22-12-10-16)15-7-5-14(6-8-15)13-24-20(26)17-3-1-2-4-18(17)21(24)27/h1-4,9-12,14-15H,5-8,13H2,(H,22,23,25). The first-order chi connectivity index (χ1) is 13.1. The van der Waals surface area contributed by atoms with E-state index in [0.717, 1.165) is 31.4 Å². The van der Waals surface area contributed by atoms with Gasteiger partial charge in [-0.1, -0.05) is 12.1 Å². The number of hydrogen-bond donors (Lipinski definition) is 1. The van der Waals surface area contributed by atoms with Crippen molar-refractivity contribution >= 4 is 23.4 Å². The van der Waals surface area contributed by atoms with Crippen LogP contribution in [0.25, 0.3) is 0 Å². The van der Waals surface area contributed by atoms with Gasteiger partial charge in [0.25, 0.3) is 11.8 Å². The maximum Gasteiger partial charge on any atom is 0.261 e. The molecule has 1 aliphatic carbocycles. The molecule has 1 fully saturated rings. The summed E-state index contributed by atoms with van der Waals surface area (Å²) in [6, 6.07) is 10.5. The van der Waals surface area contributed by atoms with E-state index in [9.17, 15) is 14.4 Å². The van der Waals surface area contributed by atoms with Crippen LogP contribution in [0.1, 0.15) is 46.4 Å². The van der Waals surface area contributed by atoms with Crippen LogP contribution in [-0.2, 0) is 4.79 Å². The minimum absolute atomic E-state index is 0.0281. The largest absolute Gasteiger partial charge is 0.326 e. The highest BCUT2D eigenvalue weighted by Crippen LogP contribution is 2.32. The van der Waals surface area contributed by atoms with Crippen LogP contribution < -0.4 is 5.32 Å². The first-order valence-corrected chi connectivity index (χ1v) is 9.29. The van der Waals surface area contributed by atoms with Crippen molar-refractivity contribution in [3.63, 3.8) is 0 Å². The minimum Gasteiger partial charge on any atom is -0.326 e. The fourth-order valence-electron chi connectivity index (χ4n) is 3.95. The predicted octanol–water partition coefficient (Wildman–Crippen LogP) is 3.12. The van der Waals surface area contributed by atoms with E-state index in [1.165, 1.54) is 4.90 Å². The number of benzene rings is 1. The maximum atomic E-state index is 12.5. The zero-order valence-electron chi connectivity index (χ0n) is 14.9. The number of amides is 3. The van der Waals surface area contributed by atoms with E-state index in [2.05, 4.69) is 10.3 Å². The molecular weight excluding hydrogens is 342 g/mol. The number of anilines is 1. The Morgan fingerprint density at radius 3 is 2.15 bits per heavy atom. The Bertz CT molecular complexity index is 838. The van der Waals surface area contributed by atoms with Crippen molar-refractivity contribution in [2.75, 3.05) is 11.9 Å². The molecule has 4 rings (SSSR count). The van der Waals surface area contributed by atoms with Gasteiger partial charge in [-0.15, -0.1) is 0 Å². The molecule has 27 heavy (non-hydrogen) atoms. The Hall–Kier alpha value is -3.02. The summed E-state index contributed by atoms with van der Waals surface area (Å²) in [7, 11) is 0. The zero-order chi connectivity index (χ0) is 18.8. The smallest absolute Gasteiger partial charge is 0.261 e. The lowest BCUT2D eigenvalue weighted by molar-refractivity contribution is -0.121. The molecular formula is C21H21N3O3. The summed E-state index contributed by atoms with van der Waals surface area (Å²) in [5, 5.41) is 2.93. The highest BCUT2D eigenvalue weighted by molar-refractivity contribution is 6.21. The zero-order valence-corrected chi connectivity index (χ0v) is 14.9. The second-order valence-corrected chi connectivity index (χ2v) is 7.21. The van der Waals surface area contributed by atoms with E-state index < -0.39 is 0 Å². The van der Waals surface area contributed by atoms with Crippen LogP contribution in [0.3, 0.4) is 0 Å². The minimum atomic E-state index is -0.201. The van der Waals surface area contributed by atoms with Crippen molar-refractivity contribution in [3.05, 3.63) is 59.9 Å². The summed E-state index contributed by atoms with van der Waals surface area (Å²) < 4.78 is 0. The van der Waals surface area contributed by atoms with Gasteiger partial charge in [-0.2, -0.15) is 0 Å². The molecule has 0 radical (unpaired) electrons. The van der Waals surface area contributed by atoms with Gasteiger partial charge in [0.1, 0.15) is 0 Å². The average Bonchev–Trinajstić information content (AvgIpc) is 2.94. The number of nitrogens with zero attached hydrogens (tertiary/aromatic N) is 2. The molecule has 6 heteroatoms. The van der Waals surface area contributed by atoms with Gasteiger partial charge in [0.15, 0.2) is 0 Å². The highest BCUT2D eigenvalue weighted by Gasteiger charge is 2.37. The SMILES string of the molecule is O=C(Nc1ccncc1)C1CCC(CN2C(=O)c3ccccc3C2=O)CC1. The van der Waals surface area contributed by atoms with E-state index in [4.69, 9.17) is 0 Å². The van der Waals surface area contributed by atoms with Crippen molar-refractivity contribution in [3.8, 4) is 0 Å². The number of carbonyl (C=O) groups is 3. The number of aromatic nitrogens is 1. The molecule has 1 aromatic carbocycles. The van der Waals surface area contributed by atoms with Crippen LogP contribution in [0.15, 0.2) is 48.8 Å². The van der Waals surface area contributed by atoms with Crippen LogP contribution in [0.2, 0.25) is 0 Å². The fourth-order valence-corrected chi connectivity index (χ4v) is 3.95. The Morgan fingerprint density at radius 1 is 0.963 bits per heavy atom. The lowest BCUT2D eigenvalue weighted by Gasteiger charge is -2.30. The van der Waals surface area contributed by atoms with E-state index in [1.54, 1.807) is 48.8 Å². The third kappa shape index (κ3) is 3.47. The van der Waals surface area contributed by atoms with Gasteiger partial charge in [-0.05, 0) is 55.9 Å². The molecule has 0 atom stereocenters. The molecule has 0 bridgehead atoms. The maximum absolute atomic E-state index is 12.5. The van der Waals surface area contributed by atoms with Gasteiger partial charge in [-0.3, -0.25) is 24.3 Å². The van der Waals surface area contributed by atoms with E-state index in [-0.39, 0.29) is 29.6 Å². The molecule has 0 saturated heterocycles. The molecule has 2 aliphatic rings. The lowest BCUT2D eigenvalue weighted by atomic mass is 9.81. The molecule has 1 aliphatic heterocycles. The molecule has 2 aromatic rings. The normalized spacial score (nSPS) is 21.9. The van der Waals surface area contributed by atoms with Crippen molar-refractivity contribution < 1.29 is 14.4 Å². The van der Waals surface area contributed by atoms with E-state index >= 15 is 0 Å². The number of hydrogen-bond acceptors (Lipinski definition) is 4. The predicted molar refractivity (Wildman–Crippen MR) is 100 cm³/mol. The number of carbonyl (C=O) groups excluding carboxylic acids is 3. The second-order valence-electron chi connectivity index (χ2n) is 7.21. The molecule has 2 heterocycles. The summed E-state index contributed by atoms with van der Waals surface area (Å²) in [5.74, 6) is -0.157. The summed E-state index contributed by atoms with van der Waals surface area (Å²) >= 11 is 0. The van der Waals surface area contributed by atoms with Gasteiger partial charge < -0.3 is 5.32 Å². The van der Waals surface area contributed by atoms with Crippen molar-refractivity contribution in [2.24, 2.45) is 11.8 Å². The first kappa shape index (κ1) is 17.4. The monoisotopic (exact) mass is 363 g/mol. The lowest BCUT2D eigenvalue weighted by Crippen LogP contribution is -2.37. The molecule has 1 aromatic heterocycles. The van der Waals surface area contributed by atoms with E-state index in [0.29, 0.717) is 17.7 Å². The molecule has 138 valence electrons. The Labute approximate surface area is 157 Å².